The summed E-state index contributed by atoms with van der Waals surface area (Å²) in [6.07, 6.45) is 4.50. The molecule has 0 aromatic carbocycles. The third-order valence-electron chi connectivity index (χ3n) is 2.65. The summed E-state index contributed by atoms with van der Waals surface area (Å²) in [5.41, 5.74) is 0. The van der Waals surface area contributed by atoms with E-state index < -0.39 is 20.3 Å². The van der Waals surface area contributed by atoms with Gasteiger partial charge in [0.25, 0.3) is 0 Å². The molecule has 1 atom stereocenters. The van der Waals surface area contributed by atoms with Gasteiger partial charge in [0, 0.05) is 13.1 Å². The zero-order chi connectivity index (χ0) is 14.9. The van der Waals surface area contributed by atoms with E-state index in [2.05, 4.69) is 13.6 Å². The number of nitrogens with one attached hydrogen (secondary N) is 2. The van der Waals surface area contributed by atoms with Crippen LogP contribution in [0.5, 0.6) is 0 Å². The Labute approximate surface area is 116 Å². The van der Waals surface area contributed by atoms with Crippen molar-refractivity contribution in [1.29, 1.82) is 0 Å². The molecule has 9 heteroatoms. The van der Waals surface area contributed by atoms with Crippen molar-refractivity contribution >= 4 is 20.3 Å². The molecule has 0 saturated heterocycles. The maximum Gasteiger partial charge on any atom is 0.335 e. The lowest BCUT2D eigenvalue weighted by Crippen LogP contribution is -2.32. The number of hydrogen-bond donors (Lipinski definition) is 2. The molecule has 0 rings (SSSR count). The van der Waals surface area contributed by atoms with Gasteiger partial charge in [0.2, 0.25) is 10.0 Å². The zero-order valence-corrected chi connectivity index (χ0v) is 13.3. The first kappa shape index (κ1) is 18.8. The Hall–Kier alpha value is -0.220. The predicted molar refractivity (Wildman–Crippen MR) is 74.4 cm³/mol. The van der Waals surface area contributed by atoms with E-state index in [1.807, 2.05) is 6.92 Å². The summed E-state index contributed by atoms with van der Waals surface area (Å²) in [6, 6.07) is 0. The predicted octanol–water partition coefficient (Wildman–Crippen LogP) is 0.213. The molecule has 19 heavy (non-hydrogen) atoms. The van der Waals surface area contributed by atoms with Crippen LogP contribution in [-0.2, 0) is 24.5 Å². The van der Waals surface area contributed by atoms with Gasteiger partial charge in [-0.25, -0.2) is 13.1 Å². The van der Waals surface area contributed by atoms with Crippen LogP contribution in [0.15, 0.2) is 0 Å². The molecule has 0 bridgehead atoms. The van der Waals surface area contributed by atoms with Gasteiger partial charge in [0.1, 0.15) is 0 Å². The Morgan fingerprint density at radius 1 is 1.11 bits per heavy atom. The maximum absolute atomic E-state index is 11.2. The van der Waals surface area contributed by atoms with Crippen LogP contribution >= 0.6 is 0 Å². The quantitative estimate of drug-likeness (QED) is 0.567. The number of rotatable bonds is 11. The second kappa shape index (κ2) is 8.85. The van der Waals surface area contributed by atoms with Crippen molar-refractivity contribution in [3.63, 3.8) is 0 Å². The van der Waals surface area contributed by atoms with Gasteiger partial charge in [-0.2, -0.15) is 13.1 Å². The van der Waals surface area contributed by atoms with E-state index >= 15 is 0 Å². The summed E-state index contributed by atoms with van der Waals surface area (Å²) in [5.74, 6) is 0.0825. The molecule has 0 aliphatic carbocycles. The lowest BCUT2D eigenvalue weighted by atomic mass is 9.99. The van der Waals surface area contributed by atoms with E-state index in [9.17, 15) is 16.8 Å². The highest BCUT2D eigenvalue weighted by atomic mass is 32.2. The van der Waals surface area contributed by atoms with Gasteiger partial charge in [0.15, 0.2) is 0 Å². The van der Waals surface area contributed by atoms with Gasteiger partial charge in [0.05, 0.1) is 13.4 Å². The van der Waals surface area contributed by atoms with Crippen LogP contribution in [0.25, 0.3) is 0 Å². The molecule has 0 amide bonds. The molecule has 0 aliphatic heterocycles. The van der Waals surface area contributed by atoms with E-state index in [4.69, 9.17) is 0 Å². The van der Waals surface area contributed by atoms with Gasteiger partial charge in [-0.15, -0.1) is 0 Å². The normalized spacial score (nSPS) is 14.5. The molecule has 7 nitrogen and oxygen atoms in total. The van der Waals surface area contributed by atoms with Gasteiger partial charge in [-0.3, -0.25) is 4.18 Å². The molecule has 0 heterocycles. The first-order chi connectivity index (χ1) is 8.70. The van der Waals surface area contributed by atoms with Crippen molar-refractivity contribution in [2.75, 3.05) is 26.5 Å². The van der Waals surface area contributed by atoms with Gasteiger partial charge in [-0.05, 0) is 18.8 Å². The molecule has 0 aromatic rings. The first-order valence-electron chi connectivity index (χ1n) is 6.20. The average Bonchev–Trinajstić information content (AvgIpc) is 2.30. The van der Waals surface area contributed by atoms with Crippen LogP contribution in [0, 0.1) is 5.92 Å². The average molecular weight is 316 g/mol. The Balaban J connectivity index is 4.23. The van der Waals surface area contributed by atoms with Crippen LogP contribution in [0.3, 0.4) is 0 Å². The monoisotopic (exact) mass is 316 g/mol. The summed E-state index contributed by atoms with van der Waals surface area (Å²) < 4.78 is 53.3. The van der Waals surface area contributed by atoms with Crippen molar-refractivity contribution in [1.82, 2.24) is 9.44 Å². The fourth-order valence-corrected chi connectivity index (χ4v) is 2.61. The van der Waals surface area contributed by atoms with E-state index in [-0.39, 0.29) is 12.5 Å². The minimum Gasteiger partial charge on any atom is -0.261 e. The number of unbranched alkanes of at least 4 members (excludes halogenated alkanes) is 1. The Morgan fingerprint density at radius 3 is 2.21 bits per heavy atom. The minimum atomic E-state index is -3.68. The molecular weight excluding hydrogens is 292 g/mol. The van der Waals surface area contributed by atoms with Crippen LogP contribution in [0.4, 0.5) is 0 Å². The number of sulfonamides is 1. The molecule has 0 fully saturated rings. The summed E-state index contributed by atoms with van der Waals surface area (Å²) in [5, 5.41) is 0. The number of hydrogen-bond acceptors (Lipinski definition) is 5. The van der Waals surface area contributed by atoms with Crippen molar-refractivity contribution in [3.8, 4) is 0 Å². The summed E-state index contributed by atoms with van der Waals surface area (Å²) >= 11 is 0. The molecule has 0 spiro atoms. The van der Waals surface area contributed by atoms with Gasteiger partial charge >= 0.3 is 10.3 Å². The van der Waals surface area contributed by atoms with Crippen LogP contribution in [0.1, 0.15) is 32.6 Å². The van der Waals surface area contributed by atoms with E-state index in [0.29, 0.717) is 13.0 Å². The topological polar surface area (TPSA) is 102 Å². The molecule has 0 aromatic heterocycles. The maximum atomic E-state index is 11.2. The van der Waals surface area contributed by atoms with Crippen LogP contribution < -0.4 is 9.44 Å². The van der Waals surface area contributed by atoms with E-state index in [1.54, 1.807) is 0 Å². The molecule has 0 radical (unpaired) electrons. The highest BCUT2D eigenvalue weighted by molar-refractivity contribution is 7.88. The van der Waals surface area contributed by atoms with Crippen LogP contribution in [0.2, 0.25) is 0 Å². The lowest BCUT2D eigenvalue weighted by molar-refractivity contribution is 0.370. The molecule has 0 saturated carbocycles. The SMILES string of the molecule is CCCCC(CCNS(C)(=O)=O)CNS(=O)(=O)OC. The van der Waals surface area contributed by atoms with Crippen molar-refractivity contribution in [3.05, 3.63) is 0 Å². The summed E-state index contributed by atoms with van der Waals surface area (Å²) in [7, 11) is -5.79. The standard InChI is InChI=1S/C10H24N2O5S2/c1-4-5-6-10(7-8-11-18(3,13)14)9-12-19(15,16)17-2/h10-12H,4-9H2,1-3H3. The smallest absolute Gasteiger partial charge is 0.261 e. The molecule has 116 valence electrons. The summed E-state index contributed by atoms with van der Waals surface area (Å²) in [4.78, 5) is 0. The minimum absolute atomic E-state index is 0.0825. The third-order valence-corrected chi connectivity index (χ3v) is 4.34. The van der Waals surface area contributed by atoms with E-state index in [0.717, 1.165) is 32.6 Å². The van der Waals surface area contributed by atoms with Crippen molar-refractivity contribution < 1.29 is 21.0 Å². The molecule has 1 unspecified atom stereocenters. The molecule has 2 N–H and O–H groups in total. The Kier molecular flexibility index (Phi) is 8.75. The summed E-state index contributed by atoms with van der Waals surface area (Å²) in [6.45, 7) is 2.61. The van der Waals surface area contributed by atoms with E-state index in [1.165, 1.54) is 0 Å². The fourth-order valence-electron chi connectivity index (χ4n) is 1.57. The van der Waals surface area contributed by atoms with Crippen molar-refractivity contribution in [2.24, 2.45) is 5.92 Å². The largest absolute Gasteiger partial charge is 0.335 e. The zero-order valence-electron chi connectivity index (χ0n) is 11.7. The molecular formula is C10H24N2O5S2. The second-order valence-corrected chi connectivity index (χ2v) is 7.80. The first-order valence-corrected chi connectivity index (χ1v) is 9.50. The highest BCUT2D eigenvalue weighted by Gasteiger charge is 2.14. The highest BCUT2D eigenvalue weighted by Crippen LogP contribution is 2.12. The Morgan fingerprint density at radius 2 is 1.74 bits per heavy atom. The Bertz CT molecular complexity index is 433. The van der Waals surface area contributed by atoms with Crippen molar-refractivity contribution in [2.45, 2.75) is 32.6 Å². The van der Waals surface area contributed by atoms with Gasteiger partial charge < -0.3 is 0 Å². The third kappa shape index (κ3) is 11.3. The molecule has 0 aliphatic rings. The fraction of sp³-hybridized carbons (Fsp3) is 1.00. The lowest BCUT2D eigenvalue weighted by Gasteiger charge is -2.17. The second-order valence-electron chi connectivity index (χ2n) is 4.43. The van der Waals surface area contributed by atoms with Gasteiger partial charge in [-0.1, -0.05) is 19.8 Å². The van der Waals surface area contributed by atoms with Crippen LogP contribution in [-0.4, -0.2) is 43.3 Å².